The molecule has 0 aliphatic heterocycles. The van der Waals surface area contributed by atoms with Crippen molar-refractivity contribution in [3.8, 4) is 5.75 Å². The Hall–Kier alpha value is -2.59. The summed E-state index contributed by atoms with van der Waals surface area (Å²) in [6.07, 6.45) is 0.255. The van der Waals surface area contributed by atoms with E-state index >= 15 is 0 Å². The SMILES string of the molecule is C[C@@H](NC(=O)C[C@H](c1ccccc1)c1cc(Br)ccc1O)c1ccccc1. The molecule has 0 radical (unpaired) electrons. The maximum atomic E-state index is 12.8. The third-order valence-electron chi connectivity index (χ3n) is 4.63. The molecule has 138 valence electrons. The maximum Gasteiger partial charge on any atom is 0.221 e. The molecule has 4 heteroatoms. The molecule has 3 nitrogen and oxygen atoms in total. The first-order valence-electron chi connectivity index (χ1n) is 8.92. The van der Waals surface area contributed by atoms with E-state index in [4.69, 9.17) is 0 Å². The van der Waals surface area contributed by atoms with Crippen LogP contribution in [0.1, 0.15) is 42.0 Å². The number of carbonyl (C=O) groups is 1. The molecule has 0 spiro atoms. The lowest BCUT2D eigenvalue weighted by atomic mass is 9.87. The van der Waals surface area contributed by atoms with Crippen LogP contribution in [0.4, 0.5) is 0 Å². The van der Waals surface area contributed by atoms with Crippen molar-refractivity contribution in [2.45, 2.75) is 25.3 Å². The molecule has 2 N–H and O–H groups in total. The van der Waals surface area contributed by atoms with Gasteiger partial charge in [-0.3, -0.25) is 4.79 Å². The summed E-state index contributed by atoms with van der Waals surface area (Å²) < 4.78 is 0.870. The lowest BCUT2D eigenvalue weighted by Crippen LogP contribution is -2.28. The topological polar surface area (TPSA) is 49.3 Å². The van der Waals surface area contributed by atoms with Crippen LogP contribution < -0.4 is 5.32 Å². The van der Waals surface area contributed by atoms with Gasteiger partial charge in [-0.15, -0.1) is 0 Å². The van der Waals surface area contributed by atoms with Crippen molar-refractivity contribution in [2.24, 2.45) is 0 Å². The van der Waals surface area contributed by atoms with E-state index < -0.39 is 0 Å². The molecule has 27 heavy (non-hydrogen) atoms. The van der Waals surface area contributed by atoms with Crippen molar-refractivity contribution in [1.82, 2.24) is 5.32 Å². The van der Waals surface area contributed by atoms with Gasteiger partial charge in [-0.25, -0.2) is 0 Å². The standard InChI is InChI=1S/C23H22BrNO2/c1-16(17-8-4-2-5-9-17)25-23(27)15-20(18-10-6-3-7-11-18)21-14-19(24)12-13-22(21)26/h2-14,16,20,26H,15H2,1H3,(H,25,27)/t16-,20-/m1/s1. The van der Waals surface area contributed by atoms with Crippen molar-refractivity contribution < 1.29 is 9.90 Å². The summed E-state index contributed by atoms with van der Waals surface area (Å²) >= 11 is 3.46. The molecule has 0 heterocycles. The van der Waals surface area contributed by atoms with E-state index in [9.17, 15) is 9.90 Å². The van der Waals surface area contributed by atoms with Gasteiger partial charge in [0.1, 0.15) is 5.75 Å². The molecule has 0 saturated heterocycles. The van der Waals surface area contributed by atoms with Crippen LogP contribution in [0.5, 0.6) is 5.75 Å². The summed E-state index contributed by atoms with van der Waals surface area (Å²) in [5.41, 5.74) is 2.79. The second-order valence-corrected chi connectivity index (χ2v) is 7.49. The number of phenols is 1. The molecule has 3 aromatic rings. The molecule has 0 unspecified atom stereocenters. The highest BCUT2D eigenvalue weighted by atomic mass is 79.9. The van der Waals surface area contributed by atoms with Gasteiger partial charge in [0.15, 0.2) is 0 Å². The van der Waals surface area contributed by atoms with Gasteiger partial charge < -0.3 is 10.4 Å². The lowest BCUT2D eigenvalue weighted by molar-refractivity contribution is -0.121. The third kappa shape index (κ3) is 4.98. The second-order valence-electron chi connectivity index (χ2n) is 6.57. The summed E-state index contributed by atoms with van der Waals surface area (Å²) in [5, 5.41) is 13.5. The van der Waals surface area contributed by atoms with E-state index in [1.807, 2.05) is 73.7 Å². The minimum Gasteiger partial charge on any atom is -0.508 e. The fraction of sp³-hybridized carbons (Fsp3) is 0.174. The zero-order valence-electron chi connectivity index (χ0n) is 15.1. The summed E-state index contributed by atoms with van der Waals surface area (Å²) in [4.78, 5) is 12.8. The number of carbonyl (C=O) groups excluding carboxylic acids is 1. The first-order valence-corrected chi connectivity index (χ1v) is 9.71. The van der Waals surface area contributed by atoms with Crippen molar-refractivity contribution in [2.75, 3.05) is 0 Å². The van der Waals surface area contributed by atoms with Gasteiger partial charge in [-0.05, 0) is 36.2 Å². The number of phenolic OH excluding ortho intramolecular Hbond substituents is 1. The maximum absolute atomic E-state index is 12.8. The number of amides is 1. The number of rotatable bonds is 6. The van der Waals surface area contributed by atoms with E-state index in [0.29, 0.717) is 0 Å². The van der Waals surface area contributed by atoms with E-state index in [0.717, 1.165) is 21.2 Å². The van der Waals surface area contributed by atoms with Gasteiger partial charge in [-0.2, -0.15) is 0 Å². The van der Waals surface area contributed by atoms with Gasteiger partial charge in [0.25, 0.3) is 0 Å². The number of benzene rings is 3. The van der Waals surface area contributed by atoms with Crippen molar-refractivity contribution >= 4 is 21.8 Å². The van der Waals surface area contributed by atoms with E-state index in [-0.39, 0.29) is 30.0 Å². The van der Waals surface area contributed by atoms with Crippen molar-refractivity contribution in [1.29, 1.82) is 0 Å². The Kier molecular flexibility index (Phi) is 6.30. The van der Waals surface area contributed by atoms with E-state index in [1.165, 1.54) is 0 Å². The molecule has 0 bridgehead atoms. The Bertz CT molecular complexity index is 897. The van der Waals surface area contributed by atoms with Gasteiger partial charge in [0.2, 0.25) is 5.91 Å². The van der Waals surface area contributed by atoms with Gasteiger partial charge >= 0.3 is 0 Å². The van der Waals surface area contributed by atoms with Crippen LogP contribution in [0.2, 0.25) is 0 Å². The van der Waals surface area contributed by atoms with Gasteiger partial charge in [0, 0.05) is 22.4 Å². The molecule has 0 fully saturated rings. The quantitative estimate of drug-likeness (QED) is 0.545. The number of hydrogen-bond acceptors (Lipinski definition) is 2. The highest BCUT2D eigenvalue weighted by Crippen LogP contribution is 2.35. The van der Waals surface area contributed by atoms with Crippen molar-refractivity contribution in [3.63, 3.8) is 0 Å². The van der Waals surface area contributed by atoms with Crippen LogP contribution in [0, 0.1) is 0 Å². The van der Waals surface area contributed by atoms with Crippen LogP contribution in [-0.2, 0) is 4.79 Å². The third-order valence-corrected chi connectivity index (χ3v) is 5.13. The first kappa shape index (κ1) is 19.2. The summed E-state index contributed by atoms with van der Waals surface area (Å²) in [6.45, 7) is 1.97. The fourth-order valence-electron chi connectivity index (χ4n) is 3.21. The average molecular weight is 424 g/mol. The first-order chi connectivity index (χ1) is 13.0. The monoisotopic (exact) mass is 423 g/mol. The Morgan fingerprint density at radius 2 is 1.56 bits per heavy atom. The average Bonchev–Trinajstić information content (AvgIpc) is 2.69. The molecule has 1 amide bonds. The Labute approximate surface area is 168 Å². The van der Waals surface area contributed by atoms with Gasteiger partial charge in [0.05, 0.1) is 6.04 Å². The number of halogens is 1. The van der Waals surface area contributed by atoms with Crippen LogP contribution in [-0.4, -0.2) is 11.0 Å². The number of hydrogen-bond donors (Lipinski definition) is 2. The summed E-state index contributed by atoms with van der Waals surface area (Å²) in [6, 6.07) is 24.9. The minimum atomic E-state index is -0.230. The highest BCUT2D eigenvalue weighted by molar-refractivity contribution is 9.10. The Morgan fingerprint density at radius 1 is 0.963 bits per heavy atom. The molecule has 3 rings (SSSR count). The zero-order valence-corrected chi connectivity index (χ0v) is 16.7. The predicted octanol–water partition coefficient (Wildman–Crippen LogP) is 5.55. The van der Waals surface area contributed by atoms with E-state index in [2.05, 4.69) is 21.2 Å². The second kappa shape index (κ2) is 8.87. The lowest BCUT2D eigenvalue weighted by Gasteiger charge is -2.21. The molecule has 3 aromatic carbocycles. The molecular weight excluding hydrogens is 402 g/mol. The van der Waals surface area contributed by atoms with Crippen LogP contribution in [0.3, 0.4) is 0 Å². The minimum absolute atomic E-state index is 0.0559. The van der Waals surface area contributed by atoms with Crippen LogP contribution in [0.25, 0.3) is 0 Å². The fourth-order valence-corrected chi connectivity index (χ4v) is 3.59. The molecule has 2 atom stereocenters. The smallest absolute Gasteiger partial charge is 0.221 e. The Balaban J connectivity index is 1.83. The van der Waals surface area contributed by atoms with E-state index in [1.54, 1.807) is 12.1 Å². The number of nitrogens with one attached hydrogen (secondary N) is 1. The largest absolute Gasteiger partial charge is 0.508 e. The van der Waals surface area contributed by atoms with Gasteiger partial charge in [-0.1, -0.05) is 76.6 Å². The van der Waals surface area contributed by atoms with Crippen LogP contribution in [0.15, 0.2) is 83.3 Å². The normalized spacial score (nSPS) is 13.0. The molecular formula is C23H22BrNO2. The molecule has 0 aliphatic rings. The highest BCUT2D eigenvalue weighted by Gasteiger charge is 2.22. The predicted molar refractivity (Wildman–Crippen MR) is 112 cm³/mol. The summed E-state index contributed by atoms with van der Waals surface area (Å²) in [5.74, 6) is -0.0952. The summed E-state index contributed by atoms with van der Waals surface area (Å²) in [7, 11) is 0. The zero-order chi connectivity index (χ0) is 19.2. The Morgan fingerprint density at radius 3 is 2.19 bits per heavy atom. The van der Waals surface area contributed by atoms with Crippen LogP contribution >= 0.6 is 15.9 Å². The number of aromatic hydroxyl groups is 1. The van der Waals surface area contributed by atoms with Crippen molar-refractivity contribution in [3.05, 3.63) is 100 Å². The molecule has 0 saturated carbocycles. The molecule has 0 aromatic heterocycles. The molecule has 0 aliphatic carbocycles.